The van der Waals surface area contributed by atoms with Gasteiger partial charge in [-0.15, -0.1) is 0 Å². The topological polar surface area (TPSA) is 48.1 Å². The van der Waals surface area contributed by atoms with Crippen LogP contribution in [0, 0.1) is 0 Å². The van der Waals surface area contributed by atoms with Crippen molar-refractivity contribution < 1.29 is 4.74 Å². The molecule has 56 valence electrons. The van der Waals surface area contributed by atoms with E-state index in [2.05, 4.69) is 4.98 Å². The van der Waals surface area contributed by atoms with Gasteiger partial charge in [0.15, 0.2) is 0 Å². The quantitative estimate of drug-likeness (QED) is 0.596. The van der Waals surface area contributed by atoms with Crippen molar-refractivity contribution in [1.82, 2.24) is 4.98 Å². The van der Waals surface area contributed by atoms with E-state index < -0.39 is 0 Å². The number of ether oxygens (including phenoxy) is 1. The molecule has 0 radical (unpaired) electrons. The van der Waals surface area contributed by atoms with E-state index in [1.807, 2.05) is 12.1 Å². The van der Waals surface area contributed by atoms with Crippen molar-refractivity contribution in [3.63, 3.8) is 0 Å². The normalized spacial score (nSPS) is 20.6. The fourth-order valence-corrected chi connectivity index (χ4v) is 1.04. The molecule has 0 fully saturated rings. The Balaban J connectivity index is 2.50. The Morgan fingerprint density at radius 1 is 1.55 bits per heavy atom. The lowest BCUT2D eigenvalue weighted by atomic mass is 10.1. The second-order valence-electron chi connectivity index (χ2n) is 2.36. The fraction of sp³-hybridized carbons (Fsp3) is 0.125. The minimum atomic E-state index is -0.125. The van der Waals surface area contributed by atoms with Crippen LogP contribution in [0.5, 0.6) is 5.75 Å². The van der Waals surface area contributed by atoms with Crippen molar-refractivity contribution in [1.29, 1.82) is 0 Å². The molecule has 0 amide bonds. The number of aromatic nitrogens is 1. The molecule has 0 aliphatic carbocycles. The molecular weight excluding hydrogens is 140 g/mol. The Morgan fingerprint density at radius 3 is 3.27 bits per heavy atom. The zero-order valence-corrected chi connectivity index (χ0v) is 5.90. The highest BCUT2D eigenvalue weighted by Crippen LogP contribution is 2.25. The third-order valence-corrected chi connectivity index (χ3v) is 1.60. The van der Waals surface area contributed by atoms with Gasteiger partial charge in [-0.3, -0.25) is 4.98 Å². The Bertz CT molecular complexity index is 296. The summed E-state index contributed by atoms with van der Waals surface area (Å²) in [5, 5.41) is 0. The van der Waals surface area contributed by atoms with Crippen LogP contribution in [0.25, 0.3) is 0 Å². The molecule has 1 aromatic rings. The lowest BCUT2D eigenvalue weighted by Crippen LogP contribution is -2.13. The van der Waals surface area contributed by atoms with Crippen LogP contribution in [0.3, 0.4) is 0 Å². The average molecular weight is 148 g/mol. The molecule has 2 N–H and O–H groups in total. The maximum absolute atomic E-state index is 5.72. The van der Waals surface area contributed by atoms with E-state index in [0.717, 1.165) is 11.4 Å². The van der Waals surface area contributed by atoms with Crippen LogP contribution in [0.4, 0.5) is 0 Å². The van der Waals surface area contributed by atoms with E-state index in [1.54, 1.807) is 18.5 Å². The molecule has 11 heavy (non-hydrogen) atoms. The second kappa shape index (κ2) is 2.36. The predicted molar refractivity (Wildman–Crippen MR) is 40.9 cm³/mol. The minimum Gasteiger partial charge on any atom is -0.463 e. The van der Waals surface area contributed by atoms with Crippen molar-refractivity contribution in [2.24, 2.45) is 5.73 Å². The van der Waals surface area contributed by atoms with Crippen molar-refractivity contribution in [2.75, 3.05) is 0 Å². The van der Waals surface area contributed by atoms with Crippen molar-refractivity contribution in [3.05, 3.63) is 36.4 Å². The summed E-state index contributed by atoms with van der Waals surface area (Å²) >= 11 is 0. The first-order valence-corrected chi connectivity index (χ1v) is 3.42. The highest BCUT2D eigenvalue weighted by Gasteiger charge is 2.13. The van der Waals surface area contributed by atoms with Crippen molar-refractivity contribution >= 4 is 0 Å². The van der Waals surface area contributed by atoms with Crippen LogP contribution >= 0.6 is 0 Å². The summed E-state index contributed by atoms with van der Waals surface area (Å²) in [7, 11) is 0. The number of hydrogen-bond donors (Lipinski definition) is 1. The Morgan fingerprint density at radius 2 is 2.45 bits per heavy atom. The summed E-state index contributed by atoms with van der Waals surface area (Å²) in [6.45, 7) is 0. The van der Waals surface area contributed by atoms with E-state index in [-0.39, 0.29) is 6.04 Å². The molecule has 0 saturated carbocycles. The largest absolute Gasteiger partial charge is 0.463 e. The van der Waals surface area contributed by atoms with Gasteiger partial charge in [-0.25, -0.2) is 0 Å². The molecule has 2 heterocycles. The molecule has 2 rings (SSSR count). The van der Waals surface area contributed by atoms with Gasteiger partial charge in [-0.05, 0) is 18.2 Å². The number of rotatable bonds is 0. The second-order valence-corrected chi connectivity index (χ2v) is 2.36. The molecule has 1 aliphatic rings. The summed E-state index contributed by atoms with van der Waals surface area (Å²) < 4.78 is 5.17. The van der Waals surface area contributed by atoms with E-state index in [9.17, 15) is 0 Å². The monoisotopic (exact) mass is 148 g/mol. The third-order valence-electron chi connectivity index (χ3n) is 1.60. The summed E-state index contributed by atoms with van der Waals surface area (Å²) in [6.07, 6.45) is 5.07. The first kappa shape index (κ1) is 6.37. The smallest absolute Gasteiger partial charge is 0.149 e. The van der Waals surface area contributed by atoms with Crippen LogP contribution in [-0.2, 0) is 0 Å². The first-order valence-electron chi connectivity index (χ1n) is 3.42. The van der Waals surface area contributed by atoms with E-state index >= 15 is 0 Å². The Hall–Kier alpha value is -1.35. The van der Waals surface area contributed by atoms with Gasteiger partial charge >= 0.3 is 0 Å². The molecular formula is C8H8N2O. The van der Waals surface area contributed by atoms with Crippen LogP contribution in [0.2, 0.25) is 0 Å². The lowest BCUT2D eigenvalue weighted by Gasteiger charge is -2.14. The van der Waals surface area contributed by atoms with Gasteiger partial charge in [0, 0.05) is 6.20 Å². The van der Waals surface area contributed by atoms with Crippen molar-refractivity contribution in [3.8, 4) is 5.75 Å². The zero-order chi connectivity index (χ0) is 7.68. The predicted octanol–water partition coefficient (Wildman–Crippen LogP) is 0.988. The molecule has 1 unspecified atom stereocenters. The number of pyridine rings is 1. The van der Waals surface area contributed by atoms with Crippen molar-refractivity contribution in [2.45, 2.75) is 6.04 Å². The van der Waals surface area contributed by atoms with Crippen LogP contribution < -0.4 is 10.5 Å². The molecule has 0 aromatic carbocycles. The molecule has 1 aliphatic heterocycles. The Kier molecular flexibility index (Phi) is 1.36. The molecule has 0 spiro atoms. The minimum absolute atomic E-state index is 0.125. The van der Waals surface area contributed by atoms with Crippen LogP contribution in [-0.4, -0.2) is 4.98 Å². The molecule has 3 nitrogen and oxygen atoms in total. The van der Waals surface area contributed by atoms with Gasteiger partial charge in [0.2, 0.25) is 0 Å². The SMILES string of the molecule is NC1C=COc2cccnc21. The highest BCUT2D eigenvalue weighted by molar-refractivity contribution is 5.34. The van der Waals surface area contributed by atoms with E-state index in [0.29, 0.717) is 0 Å². The van der Waals surface area contributed by atoms with Gasteiger partial charge in [-0.1, -0.05) is 0 Å². The molecule has 1 aromatic heterocycles. The summed E-state index contributed by atoms with van der Waals surface area (Å²) in [6, 6.07) is 3.55. The maximum Gasteiger partial charge on any atom is 0.149 e. The summed E-state index contributed by atoms with van der Waals surface area (Å²) in [4.78, 5) is 4.10. The fourth-order valence-electron chi connectivity index (χ4n) is 1.04. The van der Waals surface area contributed by atoms with Gasteiger partial charge in [-0.2, -0.15) is 0 Å². The average Bonchev–Trinajstić information content (AvgIpc) is 2.06. The summed E-state index contributed by atoms with van der Waals surface area (Å²) in [5.41, 5.74) is 6.52. The molecule has 3 heteroatoms. The standard InChI is InChI=1S/C8H8N2O/c9-6-3-5-11-7-2-1-4-10-8(6)7/h1-6H,9H2. The summed E-state index contributed by atoms with van der Waals surface area (Å²) in [5.74, 6) is 0.752. The van der Waals surface area contributed by atoms with Crippen LogP contribution in [0.1, 0.15) is 11.7 Å². The molecule has 1 atom stereocenters. The lowest BCUT2D eigenvalue weighted by molar-refractivity contribution is 0.449. The number of hydrogen-bond acceptors (Lipinski definition) is 3. The van der Waals surface area contributed by atoms with Gasteiger partial charge < -0.3 is 10.5 Å². The van der Waals surface area contributed by atoms with Gasteiger partial charge in [0.05, 0.1) is 12.3 Å². The first-order chi connectivity index (χ1) is 5.38. The van der Waals surface area contributed by atoms with Gasteiger partial charge in [0.1, 0.15) is 11.4 Å². The molecule has 0 bridgehead atoms. The highest BCUT2D eigenvalue weighted by atomic mass is 16.5. The van der Waals surface area contributed by atoms with Crippen LogP contribution in [0.15, 0.2) is 30.7 Å². The maximum atomic E-state index is 5.72. The Labute approximate surface area is 64.5 Å². The third kappa shape index (κ3) is 0.991. The number of nitrogens with zero attached hydrogens (tertiary/aromatic N) is 1. The molecule has 0 saturated heterocycles. The zero-order valence-electron chi connectivity index (χ0n) is 5.90. The number of nitrogens with two attached hydrogens (primary N) is 1. The van der Waals surface area contributed by atoms with Gasteiger partial charge in [0.25, 0.3) is 0 Å². The van der Waals surface area contributed by atoms with E-state index in [4.69, 9.17) is 10.5 Å². The van der Waals surface area contributed by atoms with E-state index in [1.165, 1.54) is 0 Å². The number of fused-ring (bicyclic) bond motifs is 1.